The molecule has 1 unspecified atom stereocenters. The molecule has 0 aliphatic heterocycles. The third-order valence-electron chi connectivity index (χ3n) is 5.00. The van der Waals surface area contributed by atoms with Crippen molar-refractivity contribution in [1.29, 1.82) is 0 Å². The summed E-state index contributed by atoms with van der Waals surface area (Å²) in [5.41, 5.74) is 2.53. The van der Waals surface area contributed by atoms with E-state index in [0.717, 1.165) is 18.4 Å². The van der Waals surface area contributed by atoms with E-state index in [4.69, 9.17) is 0 Å². The molecule has 1 N–H and O–H groups in total. The Morgan fingerprint density at radius 3 is 2.48 bits per heavy atom. The van der Waals surface area contributed by atoms with Gasteiger partial charge >= 0.3 is 0 Å². The topological polar surface area (TPSA) is 38.1 Å². The van der Waals surface area contributed by atoms with Gasteiger partial charge in [0.15, 0.2) is 0 Å². The first kappa shape index (κ1) is 14.6. The van der Waals surface area contributed by atoms with Crippen molar-refractivity contribution in [1.82, 2.24) is 9.78 Å². The van der Waals surface area contributed by atoms with Crippen molar-refractivity contribution < 1.29 is 5.11 Å². The summed E-state index contributed by atoms with van der Waals surface area (Å²) in [7, 11) is 0. The third-order valence-corrected chi connectivity index (χ3v) is 5.00. The molecule has 0 bridgehead atoms. The van der Waals surface area contributed by atoms with Crippen molar-refractivity contribution in [3.8, 4) is 0 Å². The fraction of sp³-hybridized carbons (Fsp3) is 0.611. The number of aliphatic hydroxyl groups excluding tert-OH is 1. The Hall–Kier alpha value is -1.35. The maximum atomic E-state index is 9.72. The molecule has 1 heterocycles. The molecule has 1 aromatic carbocycles. The van der Waals surface area contributed by atoms with Crippen molar-refractivity contribution in [2.75, 3.05) is 0 Å². The van der Waals surface area contributed by atoms with Gasteiger partial charge in [0.05, 0.1) is 11.6 Å². The molecule has 0 spiro atoms. The minimum Gasteiger partial charge on any atom is -0.393 e. The summed E-state index contributed by atoms with van der Waals surface area (Å²) in [6, 6.07) is 7.12. The van der Waals surface area contributed by atoms with Crippen LogP contribution in [-0.2, 0) is 0 Å². The average molecular weight is 286 g/mol. The molecule has 1 aromatic heterocycles. The Morgan fingerprint density at radius 1 is 1.14 bits per heavy atom. The van der Waals surface area contributed by atoms with E-state index in [1.165, 1.54) is 23.8 Å². The summed E-state index contributed by atoms with van der Waals surface area (Å²) in [5, 5.41) is 15.6. The van der Waals surface area contributed by atoms with Crippen molar-refractivity contribution in [3.05, 3.63) is 30.0 Å². The number of hydrogen-bond acceptors (Lipinski definition) is 2. The summed E-state index contributed by atoms with van der Waals surface area (Å²) in [6.07, 6.45) is 6.68. The number of fused-ring (bicyclic) bond motifs is 1. The van der Waals surface area contributed by atoms with E-state index < -0.39 is 0 Å². The van der Waals surface area contributed by atoms with E-state index in [0.29, 0.717) is 17.9 Å². The van der Waals surface area contributed by atoms with Crippen LogP contribution in [0.5, 0.6) is 0 Å². The van der Waals surface area contributed by atoms with Gasteiger partial charge in [0.25, 0.3) is 0 Å². The minimum atomic E-state index is -0.155. The van der Waals surface area contributed by atoms with E-state index in [1.54, 1.807) is 0 Å². The first-order valence-corrected chi connectivity index (χ1v) is 8.21. The second kappa shape index (κ2) is 5.80. The van der Waals surface area contributed by atoms with Crippen LogP contribution >= 0.6 is 0 Å². The normalized spacial score (nSPS) is 24.6. The molecule has 2 aromatic rings. The van der Waals surface area contributed by atoms with Crippen LogP contribution in [0.25, 0.3) is 10.9 Å². The second-order valence-electron chi connectivity index (χ2n) is 6.87. The van der Waals surface area contributed by atoms with Crippen molar-refractivity contribution in [3.63, 3.8) is 0 Å². The second-order valence-corrected chi connectivity index (χ2v) is 6.87. The van der Waals surface area contributed by atoms with Crippen LogP contribution in [0.4, 0.5) is 0 Å². The molecule has 0 saturated heterocycles. The maximum Gasteiger partial charge on any atom is 0.0923 e. The molecular formula is C18H26N2O. The summed E-state index contributed by atoms with van der Waals surface area (Å²) in [5.74, 6) is 1.14. The predicted octanol–water partition coefficient (Wildman–Crippen LogP) is 4.27. The Labute approximate surface area is 127 Å². The molecule has 21 heavy (non-hydrogen) atoms. The molecule has 1 aliphatic carbocycles. The Kier molecular flexibility index (Phi) is 4.03. The Bertz CT molecular complexity index is 607. The number of hydrogen-bond donors (Lipinski definition) is 1. The number of nitrogens with zero attached hydrogens (tertiary/aromatic N) is 2. The fourth-order valence-electron chi connectivity index (χ4n) is 3.52. The first-order chi connectivity index (χ1) is 10.0. The smallest absolute Gasteiger partial charge is 0.0923 e. The number of aromatic nitrogens is 2. The Morgan fingerprint density at radius 2 is 1.86 bits per heavy atom. The van der Waals surface area contributed by atoms with Crippen LogP contribution in [0.2, 0.25) is 0 Å². The van der Waals surface area contributed by atoms with E-state index in [-0.39, 0.29) is 6.10 Å². The molecule has 1 fully saturated rings. The zero-order chi connectivity index (χ0) is 15.0. The lowest BCUT2D eigenvalue weighted by Crippen LogP contribution is -2.22. The zero-order valence-corrected chi connectivity index (χ0v) is 13.3. The zero-order valence-electron chi connectivity index (χ0n) is 13.3. The van der Waals surface area contributed by atoms with Gasteiger partial charge in [-0.05, 0) is 76.0 Å². The molecule has 1 atom stereocenters. The molecule has 3 nitrogen and oxygen atoms in total. The standard InChI is InChI=1S/C18H26N2O/c1-12(2)20-11-17-10-16(8-9-18(17)19-20)15-6-4-14(5-7-15)13(3)21/h8-15,21H,4-7H2,1-3H3. The number of rotatable bonds is 3. The van der Waals surface area contributed by atoms with Gasteiger partial charge in [-0.15, -0.1) is 0 Å². The maximum absolute atomic E-state index is 9.72. The SMILES string of the molecule is CC(O)C1CCC(c2ccc3nn(C(C)C)cc3c2)CC1. The molecule has 3 heteroatoms. The summed E-state index contributed by atoms with van der Waals surface area (Å²) in [6.45, 7) is 6.24. The lowest BCUT2D eigenvalue weighted by atomic mass is 9.77. The van der Waals surface area contributed by atoms with Gasteiger partial charge in [0, 0.05) is 17.6 Å². The third kappa shape index (κ3) is 2.98. The van der Waals surface area contributed by atoms with E-state index in [9.17, 15) is 5.11 Å². The average Bonchev–Trinajstić information content (AvgIpc) is 2.90. The van der Waals surface area contributed by atoms with Gasteiger partial charge in [-0.2, -0.15) is 5.10 Å². The highest BCUT2D eigenvalue weighted by Crippen LogP contribution is 2.37. The lowest BCUT2D eigenvalue weighted by molar-refractivity contribution is 0.0967. The van der Waals surface area contributed by atoms with Gasteiger partial charge in [-0.1, -0.05) is 6.07 Å². The quantitative estimate of drug-likeness (QED) is 0.915. The molecule has 3 rings (SSSR count). The molecule has 0 radical (unpaired) electrons. The van der Waals surface area contributed by atoms with E-state index >= 15 is 0 Å². The van der Waals surface area contributed by atoms with Crippen LogP contribution in [0.1, 0.15) is 64.0 Å². The van der Waals surface area contributed by atoms with E-state index in [1.807, 2.05) is 11.6 Å². The van der Waals surface area contributed by atoms with Crippen molar-refractivity contribution >= 4 is 10.9 Å². The fourth-order valence-corrected chi connectivity index (χ4v) is 3.52. The van der Waals surface area contributed by atoms with Gasteiger partial charge in [0.2, 0.25) is 0 Å². The van der Waals surface area contributed by atoms with Crippen molar-refractivity contribution in [2.45, 2.75) is 64.5 Å². The van der Waals surface area contributed by atoms with Crippen LogP contribution in [-0.4, -0.2) is 21.0 Å². The van der Waals surface area contributed by atoms with Gasteiger partial charge in [-0.3, -0.25) is 4.68 Å². The lowest BCUT2D eigenvalue weighted by Gasteiger charge is -2.30. The molecule has 1 aliphatic rings. The summed E-state index contributed by atoms with van der Waals surface area (Å²) < 4.78 is 2.04. The van der Waals surface area contributed by atoms with Crippen LogP contribution < -0.4 is 0 Å². The molecular weight excluding hydrogens is 260 g/mol. The van der Waals surface area contributed by atoms with Gasteiger partial charge in [0.1, 0.15) is 0 Å². The Balaban J connectivity index is 1.78. The highest BCUT2D eigenvalue weighted by Gasteiger charge is 2.25. The summed E-state index contributed by atoms with van der Waals surface area (Å²) in [4.78, 5) is 0. The molecule has 1 saturated carbocycles. The van der Waals surface area contributed by atoms with Gasteiger partial charge in [-0.25, -0.2) is 0 Å². The van der Waals surface area contributed by atoms with Crippen molar-refractivity contribution in [2.24, 2.45) is 5.92 Å². The number of benzene rings is 1. The molecule has 0 amide bonds. The first-order valence-electron chi connectivity index (χ1n) is 8.21. The molecule has 114 valence electrons. The monoisotopic (exact) mass is 286 g/mol. The predicted molar refractivity (Wildman–Crippen MR) is 86.5 cm³/mol. The van der Waals surface area contributed by atoms with Gasteiger partial charge < -0.3 is 5.11 Å². The number of aliphatic hydroxyl groups is 1. The van der Waals surface area contributed by atoms with Crippen LogP contribution in [0, 0.1) is 5.92 Å². The largest absolute Gasteiger partial charge is 0.393 e. The minimum absolute atomic E-state index is 0.155. The highest BCUT2D eigenvalue weighted by atomic mass is 16.3. The summed E-state index contributed by atoms with van der Waals surface area (Å²) >= 11 is 0. The van der Waals surface area contributed by atoms with Crippen LogP contribution in [0.15, 0.2) is 24.4 Å². The van der Waals surface area contributed by atoms with E-state index in [2.05, 4.69) is 43.3 Å². The highest BCUT2D eigenvalue weighted by molar-refractivity contribution is 5.79. The van der Waals surface area contributed by atoms with Crippen LogP contribution in [0.3, 0.4) is 0 Å².